The van der Waals surface area contributed by atoms with Crippen LogP contribution in [-0.2, 0) is 4.57 Å². The molecule has 0 amide bonds. The molecule has 0 unspecified atom stereocenters. The van der Waals surface area contributed by atoms with Gasteiger partial charge in [0.15, 0.2) is 7.14 Å². The molecule has 0 bridgehead atoms. The number of benzene rings is 3. The molecule has 104 valence electrons. The predicted molar refractivity (Wildman–Crippen MR) is 89.2 cm³/mol. The van der Waals surface area contributed by atoms with Gasteiger partial charge in [-0.15, -0.1) is 0 Å². The fourth-order valence-corrected chi connectivity index (χ4v) is 5.03. The van der Waals surface area contributed by atoms with Gasteiger partial charge in [0, 0.05) is 15.9 Å². The normalized spacial score (nSPS) is 9.74. The first kappa shape index (κ1) is 23.9. The van der Waals surface area contributed by atoms with Crippen molar-refractivity contribution in [2.24, 2.45) is 0 Å². The predicted octanol–water partition coefficient (Wildman–Crippen LogP) is -5.32. The number of hydrogen-bond acceptors (Lipinski definition) is 1. The smallest absolute Gasteiger partial charge is 1.00 e. The summed E-state index contributed by atoms with van der Waals surface area (Å²) in [5.74, 6) is 0. The van der Waals surface area contributed by atoms with Crippen molar-refractivity contribution in [2.45, 2.75) is 0 Å². The quantitative estimate of drug-likeness (QED) is 0.341. The van der Waals surface area contributed by atoms with Gasteiger partial charge in [0.2, 0.25) is 0 Å². The van der Waals surface area contributed by atoms with Crippen LogP contribution in [0.4, 0.5) is 0 Å². The van der Waals surface area contributed by atoms with Gasteiger partial charge >= 0.3 is 88.7 Å². The van der Waals surface area contributed by atoms with Crippen LogP contribution in [0, 0.1) is 0 Å². The Morgan fingerprint density at radius 2 is 0.696 bits per heavy atom. The Labute approximate surface area is 209 Å². The summed E-state index contributed by atoms with van der Waals surface area (Å²) in [5, 5.41) is 2.62. The van der Waals surface area contributed by atoms with Gasteiger partial charge in [0.1, 0.15) is 0 Å². The second kappa shape index (κ2) is 11.5. The molecule has 0 aliphatic heterocycles. The molecular formula is C18H18Na3OP. The Morgan fingerprint density at radius 1 is 0.478 bits per heavy atom. The minimum atomic E-state index is -2.78. The average Bonchev–Trinajstić information content (AvgIpc) is 2.56. The molecule has 0 saturated carbocycles. The topological polar surface area (TPSA) is 17.1 Å². The van der Waals surface area contributed by atoms with Crippen LogP contribution in [0.3, 0.4) is 0 Å². The van der Waals surface area contributed by atoms with Crippen molar-refractivity contribution >= 4 is 23.1 Å². The summed E-state index contributed by atoms with van der Waals surface area (Å²) in [7, 11) is -2.78. The van der Waals surface area contributed by atoms with E-state index in [4.69, 9.17) is 0 Å². The molecule has 0 spiro atoms. The molecule has 0 aliphatic rings. The number of rotatable bonds is 3. The fourth-order valence-electron chi connectivity index (χ4n) is 2.36. The van der Waals surface area contributed by atoms with Crippen LogP contribution in [0.5, 0.6) is 0 Å². The summed E-state index contributed by atoms with van der Waals surface area (Å²) >= 11 is 0. The first-order valence-corrected chi connectivity index (χ1v) is 8.29. The SMILES string of the molecule is O=P(c1ccccc1)(c1ccccc1)c1ccccc1.[H-].[H-].[H-].[Na+].[Na+].[Na+]. The van der Waals surface area contributed by atoms with Crippen molar-refractivity contribution in [1.29, 1.82) is 0 Å². The van der Waals surface area contributed by atoms with Crippen LogP contribution in [0.25, 0.3) is 0 Å². The molecule has 3 aromatic rings. The summed E-state index contributed by atoms with van der Waals surface area (Å²) in [4.78, 5) is 0. The van der Waals surface area contributed by atoms with Crippen LogP contribution in [0.15, 0.2) is 91.0 Å². The maximum atomic E-state index is 13.8. The van der Waals surface area contributed by atoms with E-state index >= 15 is 0 Å². The summed E-state index contributed by atoms with van der Waals surface area (Å²) < 4.78 is 13.8. The van der Waals surface area contributed by atoms with E-state index in [1.54, 1.807) is 0 Å². The molecular weight excluding hydrogens is 332 g/mol. The minimum absolute atomic E-state index is 0. The molecule has 0 aliphatic carbocycles. The Morgan fingerprint density at radius 3 is 0.913 bits per heavy atom. The zero-order valence-corrected chi connectivity index (χ0v) is 20.9. The Balaban J connectivity index is -0.000000403. The van der Waals surface area contributed by atoms with E-state index in [0.717, 1.165) is 15.9 Å². The van der Waals surface area contributed by atoms with Gasteiger partial charge in [-0.1, -0.05) is 91.0 Å². The Kier molecular flexibility index (Phi) is 11.9. The second-order valence-electron chi connectivity index (χ2n) is 4.62. The molecule has 0 fully saturated rings. The summed E-state index contributed by atoms with van der Waals surface area (Å²) in [5.41, 5.74) is 0. The van der Waals surface area contributed by atoms with Gasteiger partial charge in [-0.2, -0.15) is 0 Å². The van der Waals surface area contributed by atoms with E-state index in [-0.39, 0.29) is 93.0 Å². The van der Waals surface area contributed by atoms with E-state index in [1.165, 1.54) is 0 Å². The molecule has 3 rings (SSSR count). The third kappa shape index (κ3) is 5.43. The largest absolute Gasteiger partial charge is 1.00 e. The third-order valence-electron chi connectivity index (χ3n) is 3.36. The van der Waals surface area contributed by atoms with Crippen molar-refractivity contribution in [3.05, 3.63) is 91.0 Å². The molecule has 0 saturated heterocycles. The summed E-state index contributed by atoms with van der Waals surface area (Å²) in [6.45, 7) is 0. The molecule has 3 aromatic carbocycles. The second-order valence-corrected chi connectivity index (χ2v) is 7.38. The maximum Gasteiger partial charge on any atom is 1.00 e. The number of hydrogen-bond donors (Lipinski definition) is 0. The molecule has 0 aromatic heterocycles. The van der Waals surface area contributed by atoms with Gasteiger partial charge in [-0.05, 0) is 0 Å². The Bertz CT molecular complexity index is 644. The van der Waals surface area contributed by atoms with E-state index in [2.05, 4.69) is 0 Å². The van der Waals surface area contributed by atoms with Crippen molar-refractivity contribution in [1.82, 2.24) is 0 Å². The van der Waals surface area contributed by atoms with Crippen molar-refractivity contribution in [3.8, 4) is 0 Å². The van der Waals surface area contributed by atoms with Crippen LogP contribution in [0.2, 0.25) is 0 Å². The monoisotopic (exact) mass is 350 g/mol. The molecule has 1 nitrogen and oxygen atoms in total. The zero-order chi connectivity index (χ0) is 13.8. The van der Waals surface area contributed by atoms with Gasteiger partial charge in [0.25, 0.3) is 0 Å². The summed E-state index contributed by atoms with van der Waals surface area (Å²) in [6, 6.07) is 29.1. The molecule has 23 heavy (non-hydrogen) atoms. The van der Waals surface area contributed by atoms with Crippen molar-refractivity contribution in [2.75, 3.05) is 0 Å². The van der Waals surface area contributed by atoms with E-state index in [0.29, 0.717) is 0 Å². The molecule has 0 radical (unpaired) electrons. The third-order valence-corrected chi connectivity index (χ3v) is 6.44. The van der Waals surface area contributed by atoms with Crippen LogP contribution in [-0.4, -0.2) is 0 Å². The van der Waals surface area contributed by atoms with Crippen molar-refractivity contribution < 1.29 is 97.5 Å². The van der Waals surface area contributed by atoms with E-state index < -0.39 is 7.14 Å². The summed E-state index contributed by atoms with van der Waals surface area (Å²) in [6.07, 6.45) is 0. The fraction of sp³-hybridized carbons (Fsp3) is 0. The van der Waals surface area contributed by atoms with Crippen molar-refractivity contribution in [3.63, 3.8) is 0 Å². The molecule has 5 heteroatoms. The van der Waals surface area contributed by atoms with Crippen LogP contribution < -0.4 is 105 Å². The average molecular weight is 350 g/mol. The van der Waals surface area contributed by atoms with Gasteiger partial charge in [0.05, 0.1) is 0 Å². The van der Waals surface area contributed by atoms with Crippen LogP contribution in [0.1, 0.15) is 4.28 Å². The van der Waals surface area contributed by atoms with E-state index in [9.17, 15) is 4.57 Å². The van der Waals surface area contributed by atoms with E-state index in [1.807, 2.05) is 91.0 Å². The molecule has 0 atom stereocenters. The maximum absolute atomic E-state index is 13.8. The first-order valence-electron chi connectivity index (χ1n) is 6.59. The van der Waals surface area contributed by atoms with Crippen LogP contribution >= 0.6 is 7.14 Å². The zero-order valence-electron chi connectivity index (χ0n) is 17.0. The first-order chi connectivity index (χ1) is 9.82. The minimum Gasteiger partial charge on any atom is -1.00 e. The Hall–Kier alpha value is 0.890. The standard InChI is InChI=1S/C18H15OP.3Na.3H/c19-20(16-10-4-1-5-11-16,17-12-6-2-7-13-17)18-14-8-3-9-15-18;;;;;;/h1-15H;;;;;;/q;3*+1;3*-1. The molecule has 0 heterocycles. The van der Waals surface area contributed by atoms with Gasteiger partial charge < -0.3 is 8.84 Å². The van der Waals surface area contributed by atoms with Gasteiger partial charge in [-0.25, -0.2) is 0 Å². The molecule has 0 N–H and O–H groups in total. The van der Waals surface area contributed by atoms with Gasteiger partial charge in [-0.3, -0.25) is 0 Å².